The van der Waals surface area contributed by atoms with Crippen molar-refractivity contribution in [3.63, 3.8) is 0 Å². The summed E-state index contributed by atoms with van der Waals surface area (Å²) in [6.45, 7) is 0.410. The van der Waals surface area contributed by atoms with E-state index < -0.39 is 10.0 Å². The number of anilines is 1. The highest BCUT2D eigenvalue weighted by Gasteiger charge is 2.34. The Labute approximate surface area is 138 Å². The van der Waals surface area contributed by atoms with Crippen LogP contribution in [0, 0.1) is 0 Å². The maximum absolute atomic E-state index is 13.0. The first kappa shape index (κ1) is 14.5. The van der Waals surface area contributed by atoms with Gasteiger partial charge in [-0.2, -0.15) is 0 Å². The highest BCUT2D eigenvalue weighted by atomic mass is 32.2. The molecule has 0 fully saturated rings. The first-order valence-electron chi connectivity index (χ1n) is 7.28. The van der Waals surface area contributed by atoms with Crippen molar-refractivity contribution in [1.82, 2.24) is 9.55 Å². The number of thiophene rings is 1. The Morgan fingerprint density at radius 1 is 1.17 bits per heavy atom. The van der Waals surface area contributed by atoms with Crippen LogP contribution < -0.4 is 4.31 Å². The average Bonchev–Trinajstić information content (AvgIpc) is 3.27. The van der Waals surface area contributed by atoms with Crippen molar-refractivity contribution in [2.75, 3.05) is 10.8 Å². The van der Waals surface area contributed by atoms with Crippen molar-refractivity contribution in [2.45, 2.75) is 16.7 Å². The Morgan fingerprint density at radius 3 is 2.78 bits per heavy atom. The van der Waals surface area contributed by atoms with Gasteiger partial charge < -0.3 is 4.57 Å². The maximum Gasteiger partial charge on any atom is 0.273 e. The second-order valence-electron chi connectivity index (χ2n) is 5.46. The van der Waals surface area contributed by atoms with Crippen LogP contribution in [0.25, 0.3) is 0 Å². The molecular weight excluding hydrogens is 330 g/mol. The van der Waals surface area contributed by atoms with E-state index >= 15 is 0 Å². The lowest BCUT2D eigenvalue weighted by atomic mass is 10.00. The summed E-state index contributed by atoms with van der Waals surface area (Å²) in [5.74, 6) is 0. The van der Waals surface area contributed by atoms with E-state index in [9.17, 15) is 8.42 Å². The standard InChI is InChI=1S/C16H15N3O2S2/c20-23(21,16-6-3-9-22-16)19-11-14(18-8-7-17-12-18)10-13-4-1-2-5-15(13)19/h1-9,12,14H,10-11H2. The van der Waals surface area contributed by atoms with E-state index in [4.69, 9.17) is 0 Å². The van der Waals surface area contributed by atoms with Crippen LogP contribution in [0.1, 0.15) is 11.6 Å². The Kier molecular flexibility index (Phi) is 3.46. The van der Waals surface area contributed by atoms with Gasteiger partial charge in [0.05, 0.1) is 24.6 Å². The van der Waals surface area contributed by atoms with Crippen LogP contribution in [0.4, 0.5) is 5.69 Å². The predicted molar refractivity (Wildman–Crippen MR) is 90.3 cm³/mol. The maximum atomic E-state index is 13.0. The third kappa shape index (κ3) is 2.46. The molecule has 1 aliphatic heterocycles. The van der Waals surface area contributed by atoms with Crippen LogP contribution in [0.3, 0.4) is 0 Å². The van der Waals surface area contributed by atoms with Gasteiger partial charge in [0.25, 0.3) is 10.0 Å². The largest absolute Gasteiger partial charge is 0.332 e. The normalized spacial score (nSPS) is 17.9. The fourth-order valence-electron chi connectivity index (χ4n) is 2.97. The SMILES string of the molecule is O=S(=O)(c1cccs1)N1CC(n2ccnc2)Cc2ccccc21. The lowest BCUT2D eigenvalue weighted by molar-refractivity contribution is 0.487. The zero-order chi connectivity index (χ0) is 15.9. The third-order valence-electron chi connectivity index (χ3n) is 4.08. The topological polar surface area (TPSA) is 55.2 Å². The molecule has 23 heavy (non-hydrogen) atoms. The number of benzene rings is 1. The van der Waals surface area contributed by atoms with Crippen LogP contribution in [0.15, 0.2) is 64.7 Å². The van der Waals surface area contributed by atoms with E-state index in [1.54, 1.807) is 30.0 Å². The van der Waals surface area contributed by atoms with E-state index in [0.29, 0.717) is 10.8 Å². The van der Waals surface area contributed by atoms with Crippen molar-refractivity contribution in [2.24, 2.45) is 0 Å². The van der Waals surface area contributed by atoms with Gasteiger partial charge >= 0.3 is 0 Å². The molecule has 0 saturated carbocycles. The molecule has 1 atom stereocenters. The van der Waals surface area contributed by atoms with E-state index in [2.05, 4.69) is 4.98 Å². The van der Waals surface area contributed by atoms with Crippen molar-refractivity contribution >= 4 is 27.0 Å². The summed E-state index contributed by atoms with van der Waals surface area (Å²) in [6, 6.07) is 11.2. The number of para-hydroxylation sites is 1. The molecule has 0 aliphatic carbocycles. The van der Waals surface area contributed by atoms with Crippen molar-refractivity contribution in [3.8, 4) is 0 Å². The summed E-state index contributed by atoms with van der Waals surface area (Å²) >= 11 is 1.25. The second kappa shape index (κ2) is 5.50. The minimum atomic E-state index is -3.54. The molecule has 3 aromatic rings. The van der Waals surface area contributed by atoms with Gasteiger partial charge in [-0.05, 0) is 29.5 Å². The van der Waals surface area contributed by atoms with Crippen LogP contribution in [0.5, 0.6) is 0 Å². The molecule has 1 unspecified atom stereocenters. The molecule has 1 aromatic carbocycles. The lowest BCUT2D eigenvalue weighted by Crippen LogP contribution is -2.40. The smallest absolute Gasteiger partial charge is 0.273 e. The number of rotatable bonds is 3. The number of fused-ring (bicyclic) bond motifs is 1. The van der Waals surface area contributed by atoms with Gasteiger partial charge in [-0.3, -0.25) is 4.31 Å². The second-order valence-corrected chi connectivity index (χ2v) is 8.50. The number of sulfonamides is 1. The van der Waals surface area contributed by atoms with Gasteiger partial charge in [-0.1, -0.05) is 24.3 Å². The molecule has 0 radical (unpaired) electrons. The molecule has 3 heterocycles. The molecule has 1 aliphatic rings. The Hall–Kier alpha value is -2.12. The zero-order valence-corrected chi connectivity index (χ0v) is 13.9. The predicted octanol–water partition coefficient (Wildman–Crippen LogP) is 2.94. The fraction of sp³-hybridized carbons (Fsp3) is 0.188. The Balaban J connectivity index is 1.82. The molecule has 0 N–H and O–H groups in total. The Morgan fingerprint density at radius 2 is 2.04 bits per heavy atom. The van der Waals surface area contributed by atoms with Gasteiger partial charge in [-0.25, -0.2) is 13.4 Å². The van der Waals surface area contributed by atoms with Gasteiger partial charge in [0.15, 0.2) is 0 Å². The first-order chi connectivity index (χ1) is 11.2. The molecule has 0 bridgehead atoms. The number of hydrogen-bond donors (Lipinski definition) is 0. The first-order valence-corrected chi connectivity index (χ1v) is 9.60. The molecular formula is C16H15N3O2S2. The van der Waals surface area contributed by atoms with Gasteiger partial charge in [-0.15, -0.1) is 11.3 Å². The minimum absolute atomic E-state index is 0.0436. The highest BCUT2D eigenvalue weighted by molar-refractivity contribution is 7.94. The summed E-state index contributed by atoms with van der Waals surface area (Å²) in [5.41, 5.74) is 1.81. The van der Waals surface area contributed by atoms with Crippen LogP contribution >= 0.6 is 11.3 Å². The van der Waals surface area contributed by atoms with Crippen molar-refractivity contribution in [3.05, 3.63) is 66.1 Å². The van der Waals surface area contributed by atoms with E-state index in [0.717, 1.165) is 17.7 Å². The van der Waals surface area contributed by atoms with Gasteiger partial charge in [0, 0.05) is 12.4 Å². The lowest BCUT2D eigenvalue weighted by Gasteiger charge is -2.35. The fourth-order valence-corrected chi connectivity index (χ4v) is 5.61. The molecule has 118 valence electrons. The quantitative estimate of drug-likeness (QED) is 0.733. The summed E-state index contributed by atoms with van der Waals surface area (Å²) < 4.78 is 30.0. The molecule has 0 spiro atoms. The monoisotopic (exact) mass is 345 g/mol. The number of nitrogens with zero attached hydrogens (tertiary/aromatic N) is 3. The average molecular weight is 345 g/mol. The van der Waals surface area contributed by atoms with Crippen molar-refractivity contribution < 1.29 is 8.42 Å². The molecule has 7 heteroatoms. The number of aromatic nitrogens is 2. The van der Waals surface area contributed by atoms with Gasteiger partial charge in [0.1, 0.15) is 4.21 Å². The highest BCUT2D eigenvalue weighted by Crippen LogP contribution is 2.36. The molecule has 0 saturated heterocycles. The number of hydrogen-bond acceptors (Lipinski definition) is 4. The van der Waals surface area contributed by atoms with E-state index in [1.165, 1.54) is 15.6 Å². The van der Waals surface area contributed by atoms with Gasteiger partial charge in [0.2, 0.25) is 0 Å². The summed E-state index contributed by atoms with van der Waals surface area (Å²) in [7, 11) is -3.54. The van der Waals surface area contributed by atoms with E-state index in [1.807, 2.05) is 35.0 Å². The zero-order valence-electron chi connectivity index (χ0n) is 12.2. The summed E-state index contributed by atoms with van der Waals surface area (Å²) in [4.78, 5) is 4.09. The molecule has 4 rings (SSSR count). The van der Waals surface area contributed by atoms with Crippen LogP contribution in [-0.2, 0) is 16.4 Å². The molecule has 0 amide bonds. The van der Waals surface area contributed by atoms with E-state index in [-0.39, 0.29) is 6.04 Å². The van der Waals surface area contributed by atoms with Crippen LogP contribution in [0.2, 0.25) is 0 Å². The summed E-state index contributed by atoms with van der Waals surface area (Å²) in [5, 5.41) is 1.79. The Bertz CT molecular complexity index is 903. The van der Waals surface area contributed by atoms with Crippen LogP contribution in [-0.4, -0.2) is 24.5 Å². The summed E-state index contributed by atoms with van der Waals surface area (Å²) in [6.07, 6.45) is 6.14. The third-order valence-corrected chi connectivity index (χ3v) is 7.23. The molecule has 2 aromatic heterocycles. The minimum Gasteiger partial charge on any atom is -0.332 e. The van der Waals surface area contributed by atoms with Crippen molar-refractivity contribution in [1.29, 1.82) is 0 Å². The molecule has 5 nitrogen and oxygen atoms in total. The number of imidazole rings is 1.